The molecule has 0 fully saturated rings. The molecule has 0 saturated carbocycles. The lowest BCUT2D eigenvalue weighted by Gasteiger charge is -2.19. The van der Waals surface area contributed by atoms with Crippen molar-refractivity contribution in [1.82, 2.24) is 0 Å². The fourth-order valence-corrected chi connectivity index (χ4v) is 1.95. The van der Waals surface area contributed by atoms with Gasteiger partial charge in [-0.05, 0) is 36.1 Å². The monoisotopic (exact) mass is 299 g/mol. The van der Waals surface area contributed by atoms with Crippen LogP contribution in [0.5, 0.6) is 5.75 Å². The van der Waals surface area contributed by atoms with Crippen LogP contribution in [-0.2, 0) is 4.79 Å². The van der Waals surface area contributed by atoms with Gasteiger partial charge in [0.15, 0.2) is 6.10 Å². The molecule has 2 N–H and O–H groups in total. The van der Waals surface area contributed by atoms with Gasteiger partial charge < -0.3 is 10.5 Å². The number of carbonyl (C=O) groups excluding carboxylic acids is 1. The summed E-state index contributed by atoms with van der Waals surface area (Å²) in [5.74, 6) is 0.631. The molecule has 1 atom stereocenters. The van der Waals surface area contributed by atoms with Gasteiger partial charge in [0.2, 0.25) is 0 Å². The summed E-state index contributed by atoms with van der Waals surface area (Å²) < 4.78 is 6.68. The van der Waals surface area contributed by atoms with Crippen LogP contribution in [-0.4, -0.2) is 12.0 Å². The third kappa shape index (κ3) is 3.73. The summed E-state index contributed by atoms with van der Waals surface area (Å²) in [5.41, 5.74) is 6.35. The first-order chi connectivity index (χ1) is 7.95. The molecule has 0 aliphatic carbocycles. The van der Waals surface area contributed by atoms with Crippen LogP contribution in [0.25, 0.3) is 0 Å². The zero-order chi connectivity index (χ0) is 13.0. The van der Waals surface area contributed by atoms with Crippen molar-refractivity contribution in [3.63, 3.8) is 0 Å². The van der Waals surface area contributed by atoms with Crippen molar-refractivity contribution in [3.8, 4) is 5.75 Å². The molecule has 1 unspecified atom stereocenters. The van der Waals surface area contributed by atoms with Gasteiger partial charge in [0.1, 0.15) is 5.75 Å². The number of carbonyl (C=O) groups is 1. The Morgan fingerprint density at radius 2 is 2.12 bits per heavy atom. The highest BCUT2D eigenvalue weighted by Gasteiger charge is 2.17. The SMILES string of the molecule is CCC(Oc1ccc(Br)cc1C(C)C)C(N)=O. The topological polar surface area (TPSA) is 52.3 Å². The normalized spacial score (nSPS) is 12.5. The maximum absolute atomic E-state index is 11.2. The average molecular weight is 300 g/mol. The lowest BCUT2D eigenvalue weighted by Crippen LogP contribution is -2.33. The first kappa shape index (κ1) is 14.0. The highest BCUT2D eigenvalue weighted by atomic mass is 79.9. The highest BCUT2D eigenvalue weighted by molar-refractivity contribution is 9.10. The molecule has 3 nitrogen and oxygen atoms in total. The van der Waals surface area contributed by atoms with Crippen LogP contribution in [0, 0.1) is 0 Å². The number of halogens is 1. The number of nitrogens with two attached hydrogens (primary N) is 1. The molecular weight excluding hydrogens is 282 g/mol. The molecule has 1 rings (SSSR count). The third-order valence-corrected chi connectivity index (χ3v) is 3.04. The molecule has 0 saturated heterocycles. The molecule has 1 aromatic carbocycles. The van der Waals surface area contributed by atoms with E-state index in [0.717, 1.165) is 15.8 Å². The first-order valence-electron chi connectivity index (χ1n) is 5.71. The quantitative estimate of drug-likeness (QED) is 0.907. The Hall–Kier alpha value is -1.03. The summed E-state index contributed by atoms with van der Waals surface area (Å²) in [6.45, 7) is 6.04. The van der Waals surface area contributed by atoms with E-state index in [1.54, 1.807) is 0 Å². The van der Waals surface area contributed by atoms with E-state index >= 15 is 0 Å². The molecule has 4 heteroatoms. The van der Waals surface area contributed by atoms with Gasteiger partial charge in [0.05, 0.1) is 0 Å². The number of hydrogen-bond acceptors (Lipinski definition) is 2. The summed E-state index contributed by atoms with van der Waals surface area (Å²) in [7, 11) is 0. The smallest absolute Gasteiger partial charge is 0.258 e. The van der Waals surface area contributed by atoms with Crippen LogP contribution in [0.3, 0.4) is 0 Å². The Labute approximate surface area is 110 Å². The predicted molar refractivity (Wildman–Crippen MR) is 72.1 cm³/mol. The Bertz CT molecular complexity index is 404. The number of amides is 1. The average Bonchev–Trinajstić information content (AvgIpc) is 2.26. The second kappa shape index (κ2) is 6.05. The van der Waals surface area contributed by atoms with Crippen LogP contribution >= 0.6 is 15.9 Å². The number of ether oxygens (including phenoxy) is 1. The number of rotatable bonds is 5. The minimum atomic E-state index is -0.561. The Morgan fingerprint density at radius 3 is 2.59 bits per heavy atom. The fraction of sp³-hybridized carbons (Fsp3) is 0.462. The zero-order valence-electron chi connectivity index (χ0n) is 10.4. The molecule has 0 radical (unpaired) electrons. The Balaban J connectivity index is 3.01. The Morgan fingerprint density at radius 1 is 1.47 bits per heavy atom. The van der Waals surface area contributed by atoms with Crippen molar-refractivity contribution in [2.75, 3.05) is 0 Å². The third-order valence-electron chi connectivity index (χ3n) is 2.55. The van der Waals surface area contributed by atoms with Crippen LogP contribution in [0.2, 0.25) is 0 Å². The summed E-state index contributed by atoms with van der Waals surface area (Å²) in [4.78, 5) is 11.2. The van der Waals surface area contributed by atoms with Gasteiger partial charge in [-0.2, -0.15) is 0 Å². The van der Waals surface area contributed by atoms with Gasteiger partial charge in [-0.15, -0.1) is 0 Å². The molecule has 0 aliphatic rings. The van der Waals surface area contributed by atoms with E-state index in [0.29, 0.717) is 12.3 Å². The standard InChI is InChI=1S/C13H18BrNO2/c1-4-11(13(15)16)17-12-6-5-9(14)7-10(12)8(2)3/h5-8,11H,4H2,1-3H3,(H2,15,16). The van der Waals surface area contributed by atoms with Crippen LogP contribution in [0.15, 0.2) is 22.7 Å². The van der Waals surface area contributed by atoms with Gasteiger partial charge in [0, 0.05) is 4.47 Å². The van der Waals surface area contributed by atoms with Crippen molar-refractivity contribution < 1.29 is 9.53 Å². The minimum Gasteiger partial charge on any atom is -0.480 e. The lowest BCUT2D eigenvalue weighted by molar-refractivity contribution is -0.124. The number of benzene rings is 1. The van der Waals surface area contributed by atoms with Crippen LogP contribution in [0.1, 0.15) is 38.7 Å². The fourth-order valence-electron chi connectivity index (χ4n) is 1.57. The van der Waals surface area contributed by atoms with E-state index in [-0.39, 0.29) is 0 Å². The minimum absolute atomic E-state index is 0.327. The molecule has 0 spiro atoms. The van der Waals surface area contributed by atoms with Gasteiger partial charge in [-0.25, -0.2) is 0 Å². The molecule has 1 aromatic rings. The van der Waals surface area contributed by atoms with Crippen LogP contribution < -0.4 is 10.5 Å². The van der Waals surface area contributed by atoms with E-state index in [1.807, 2.05) is 25.1 Å². The number of hydrogen-bond donors (Lipinski definition) is 1. The van der Waals surface area contributed by atoms with Crippen molar-refractivity contribution in [1.29, 1.82) is 0 Å². The highest BCUT2D eigenvalue weighted by Crippen LogP contribution is 2.30. The largest absolute Gasteiger partial charge is 0.480 e. The van der Waals surface area contributed by atoms with E-state index in [2.05, 4.69) is 29.8 Å². The Kier molecular flexibility index (Phi) is 5.00. The van der Waals surface area contributed by atoms with Gasteiger partial charge in [0.25, 0.3) is 5.91 Å². The first-order valence-corrected chi connectivity index (χ1v) is 6.50. The van der Waals surface area contributed by atoms with Crippen molar-refractivity contribution >= 4 is 21.8 Å². The summed E-state index contributed by atoms with van der Waals surface area (Å²) >= 11 is 3.43. The summed E-state index contributed by atoms with van der Waals surface area (Å²) in [5, 5.41) is 0. The van der Waals surface area contributed by atoms with Crippen molar-refractivity contribution in [2.24, 2.45) is 5.73 Å². The van der Waals surface area contributed by atoms with E-state index in [4.69, 9.17) is 10.5 Å². The molecule has 0 heterocycles. The van der Waals surface area contributed by atoms with Gasteiger partial charge >= 0.3 is 0 Å². The molecule has 0 aromatic heterocycles. The van der Waals surface area contributed by atoms with Gasteiger partial charge in [-0.1, -0.05) is 36.7 Å². The van der Waals surface area contributed by atoms with E-state index in [9.17, 15) is 4.79 Å². The molecule has 17 heavy (non-hydrogen) atoms. The van der Waals surface area contributed by atoms with Crippen molar-refractivity contribution in [3.05, 3.63) is 28.2 Å². The summed E-state index contributed by atoms with van der Waals surface area (Å²) in [6, 6.07) is 5.77. The molecular formula is C13H18BrNO2. The second-order valence-corrected chi connectivity index (χ2v) is 5.17. The maximum atomic E-state index is 11.2. The molecule has 0 aliphatic heterocycles. The second-order valence-electron chi connectivity index (χ2n) is 4.25. The molecule has 0 bridgehead atoms. The zero-order valence-corrected chi connectivity index (χ0v) is 12.0. The van der Waals surface area contributed by atoms with E-state index in [1.165, 1.54) is 0 Å². The summed E-state index contributed by atoms with van der Waals surface area (Å²) in [6.07, 6.45) is 0.0109. The molecule has 1 amide bonds. The van der Waals surface area contributed by atoms with Crippen LogP contribution in [0.4, 0.5) is 0 Å². The van der Waals surface area contributed by atoms with Gasteiger partial charge in [-0.3, -0.25) is 4.79 Å². The van der Waals surface area contributed by atoms with Crippen molar-refractivity contribution in [2.45, 2.75) is 39.2 Å². The lowest BCUT2D eigenvalue weighted by atomic mass is 10.0. The maximum Gasteiger partial charge on any atom is 0.258 e. The van der Waals surface area contributed by atoms with E-state index < -0.39 is 12.0 Å². The number of primary amides is 1. The molecule has 94 valence electrons. The predicted octanol–water partition coefficient (Wildman–Crippen LogP) is 3.22.